The van der Waals surface area contributed by atoms with Crippen LogP contribution in [0.3, 0.4) is 0 Å². The van der Waals surface area contributed by atoms with E-state index >= 15 is 0 Å². The summed E-state index contributed by atoms with van der Waals surface area (Å²) in [4.78, 5) is -0.0768. The minimum atomic E-state index is -3.89. The molecule has 0 saturated heterocycles. The van der Waals surface area contributed by atoms with Crippen LogP contribution in [0.4, 0.5) is 0 Å². The van der Waals surface area contributed by atoms with Crippen molar-refractivity contribution in [3.63, 3.8) is 0 Å². The van der Waals surface area contributed by atoms with E-state index in [4.69, 9.17) is 44.3 Å². The van der Waals surface area contributed by atoms with Gasteiger partial charge >= 0.3 is 0 Å². The standard InChI is InChI=1S/C19H21Cl3O6S/c1-2-12(23)10-27-14-3-5-15(6-4-14)29(25,26)16-7-17(21)19(18(22)8-16)28-11-13(24)9-20/h3-8,12-13,23-24H,2,9-11H2,1H3/t12-,13-/m1/s1. The number of hydrogen-bond donors (Lipinski definition) is 2. The van der Waals surface area contributed by atoms with Gasteiger partial charge < -0.3 is 19.7 Å². The molecule has 0 aliphatic rings. The van der Waals surface area contributed by atoms with Crippen molar-refractivity contribution in [2.75, 3.05) is 19.1 Å². The molecule has 2 rings (SSSR count). The lowest BCUT2D eigenvalue weighted by Gasteiger charge is -2.14. The molecule has 0 aliphatic heterocycles. The van der Waals surface area contributed by atoms with Crippen molar-refractivity contribution in [1.29, 1.82) is 0 Å². The summed E-state index contributed by atoms with van der Waals surface area (Å²) in [6, 6.07) is 8.26. The van der Waals surface area contributed by atoms with Gasteiger partial charge in [-0.25, -0.2) is 8.42 Å². The molecule has 10 heteroatoms. The molecule has 0 saturated carbocycles. The lowest BCUT2D eigenvalue weighted by molar-refractivity contribution is 0.104. The van der Waals surface area contributed by atoms with Gasteiger partial charge in [0.25, 0.3) is 0 Å². The van der Waals surface area contributed by atoms with Crippen molar-refractivity contribution >= 4 is 44.6 Å². The van der Waals surface area contributed by atoms with Crippen LogP contribution in [0.2, 0.25) is 10.0 Å². The smallest absolute Gasteiger partial charge is 0.206 e. The van der Waals surface area contributed by atoms with E-state index < -0.39 is 22.0 Å². The van der Waals surface area contributed by atoms with Crippen LogP contribution in [0.25, 0.3) is 0 Å². The normalized spacial score (nSPS) is 13.7. The van der Waals surface area contributed by atoms with Gasteiger partial charge in [-0.15, -0.1) is 11.6 Å². The summed E-state index contributed by atoms with van der Waals surface area (Å²) in [5.74, 6) is 0.475. The van der Waals surface area contributed by atoms with Gasteiger partial charge in [-0.3, -0.25) is 0 Å². The third kappa shape index (κ3) is 6.38. The van der Waals surface area contributed by atoms with E-state index in [2.05, 4.69) is 0 Å². The number of halogens is 3. The SMILES string of the molecule is CC[C@@H](O)COc1ccc(S(=O)(=O)c2cc(Cl)c(OC[C@H](O)CCl)c(Cl)c2)cc1. The minimum Gasteiger partial charge on any atom is -0.491 e. The topological polar surface area (TPSA) is 93.1 Å². The number of sulfone groups is 1. The Kier molecular flexibility index (Phi) is 8.88. The van der Waals surface area contributed by atoms with Gasteiger partial charge in [0.1, 0.15) is 25.1 Å². The number of benzene rings is 2. The zero-order chi connectivity index (χ0) is 21.6. The summed E-state index contributed by atoms with van der Waals surface area (Å²) in [6.07, 6.45) is -0.946. The zero-order valence-corrected chi connectivity index (χ0v) is 18.6. The van der Waals surface area contributed by atoms with E-state index in [1.165, 1.54) is 36.4 Å². The van der Waals surface area contributed by atoms with Crippen LogP contribution in [0.1, 0.15) is 13.3 Å². The van der Waals surface area contributed by atoms with Crippen molar-refractivity contribution in [2.24, 2.45) is 0 Å². The highest BCUT2D eigenvalue weighted by Crippen LogP contribution is 2.37. The van der Waals surface area contributed by atoms with E-state index in [9.17, 15) is 18.6 Å². The molecule has 2 aromatic carbocycles. The fourth-order valence-corrected chi connectivity index (χ4v) is 4.34. The highest BCUT2D eigenvalue weighted by atomic mass is 35.5. The largest absolute Gasteiger partial charge is 0.491 e. The van der Waals surface area contributed by atoms with E-state index in [1.54, 1.807) is 0 Å². The molecule has 0 spiro atoms. The summed E-state index contributed by atoms with van der Waals surface area (Å²) in [5.41, 5.74) is 0. The van der Waals surface area contributed by atoms with Gasteiger partial charge in [0.05, 0.1) is 31.8 Å². The predicted octanol–water partition coefficient (Wildman–Crippen LogP) is 3.95. The summed E-state index contributed by atoms with van der Waals surface area (Å²) in [5, 5.41) is 19.0. The Morgan fingerprint density at radius 1 is 0.931 bits per heavy atom. The maximum absolute atomic E-state index is 12.9. The highest BCUT2D eigenvalue weighted by molar-refractivity contribution is 7.91. The van der Waals surface area contributed by atoms with Gasteiger partial charge in [0.15, 0.2) is 5.75 Å². The second-order valence-electron chi connectivity index (χ2n) is 6.18. The summed E-state index contributed by atoms with van der Waals surface area (Å²) >= 11 is 17.8. The zero-order valence-electron chi connectivity index (χ0n) is 15.5. The summed E-state index contributed by atoms with van der Waals surface area (Å²) in [7, 11) is -3.89. The monoisotopic (exact) mass is 482 g/mol. The number of ether oxygens (including phenoxy) is 2. The number of aliphatic hydroxyl groups is 2. The molecule has 0 amide bonds. The fraction of sp³-hybridized carbons (Fsp3) is 0.368. The van der Waals surface area contributed by atoms with E-state index in [-0.39, 0.29) is 44.7 Å². The molecule has 0 bridgehead atoms. The quantitative estimate of drug-likeness (QED) is 0.497. The van der Waals surface area contributed by atoms with E-state index in [1.807, 2.05) is 6.92 Å². The van der Waals surface area contributed by atoms with E-state index in [0.717, 1.165) is 0 Å². The first-order valence-corrected chi connectivity index (χ1v) is 11.5. The number of aliphatic hydroxyl groups excluding tert-OH is 2. The number of alkyl halides is 1. The lowest BCUT2D eigenvalue weighted by Crippen LogP contribution is -2.19. The molecule has 0 fully saturated rings. The Labute approximate surface area is 184 Å². The molecule has 2 atom stereocenters. The van der Waals surface area contributed by atoms with Crippen molar-refractivity contribution in [1.82, 2.24) is 0 Å². The second kappa shape index (κ2) is 10.7. The molecule has 0 heterocycles. The maximum atomic E-state index is 12.9. The molecular weight excluding hydrogens is 463 g/mol. The molecule has 6 nitrogen and oxygen atoms in total. The first-order chi connectivity index (χ1) is 13.7. The van der Waals surface area contributed by atoms with Crippen LogP contribution >= 0.6 is 34.8 Å². The number of rotatable bonds is 10. The van der Waals surface area contributed by atoms with Crippen LogP contribution in [-0.4, -0.2) is 49.9 Å². The third-order valence-electron chi connectivity index (χ3n) is 3.93. The third-order valence-corrected chi connectivity index (χ3v) is 6.59. The van der Waals surface area contributed by atoms with Gasteiger partial charge in [-0.2, -0.15) is 0 Å². The van der Waals surface area contributed by atoms with E-state index in [0.29, 0.717) is 12.2 Å². The lowest BCUT2D eigenvalue weighted by atomic mass is 10.3. The van der Waals surface area contributed by atoms with Crippen LogP contribution < -0.4 is 9.47 Å². The first-order valence-electron chi connectivity index (χ1n) is 8.70. The van der Waals surface area contributed by atoms with Crippen molar-refractivity contribution in [3.05, 3.63) is 46.4 Å². The van der Waals surface area contributed by atoms with Gasteiger partial charge in [0, 0.05) is 0 Å². The van der Waals surface area contributed by atoms with Crippen LogP contribution in [0.5, 0.6) is 11.5 Å². The van der Waals surface area contributed by atoms with Crippen molar-refractivity contribution < 1.29 is 28.1 Å². The Hall–Kier alpha value is -1.22. The molecular formula is C19H21Cl3O6S. The molecule has 0 radical (unpaired) electrons. The van der Waals surface area contributed by atoms with Gasteiger partial charge in [0.2, 0.25) is 9.84 Å². The van der Waals surface area contributed by atoms with Crippen LogP contribution in [0, 0.1) is 0 Å². The highest BCUT2D eigenvalue weighted by Gasteiger charge is 2.22. The summed E-state index contributed by atoms with van der Waals surface area (Å²) in [6.45, 7) is 1.81. The van der Waals surface area contributed by atoms with Crippen LogP contribution in [-0.2, 0) is 9.84 Å². The van der Waals surface area contributed by atoms with Crippen LogP contribution in [0.15, 0.2) is 46.2 Å². The molecule has 0 aliphatic carbocycles. The molecule has 0 unspecified atom stereocenters. The Bertz CT molecular complexity index is 895. The van der Waals surface area contributed by atoms with Crippen molar-refractivity contribution in [3.8, 4) is 11.5 Å². The number of hydrogen-bond acceptors (Lipinski definition) is 6. The second-order valence-corrected chi connectivity index (χ2v) is 9.26. The Morgan fingerprint density at radius 2 is 1.48 bits per heavy atom. The predicted molar refractivity (Wildman–Crippen MR) is 112 cm³/mol. The molecule has 160 valence electrons. The molecule has 2 N–H and O–H groups in total. The average molecular weight is 484 g/mol. The molecule has 2 aromatic rings. The Morgan fingerprint density at radius 3 is 2.00 bits per heavy atom. The minimum absolute atomic E-state index is 0.00801. The summed E-state index contributed by atoms with van der Waals surface area (Å²) < 4.78 is 36.5. The van der Waals surface area contributed by atoms with Gasteiger partial charge in [-0.05, 0) is 42.8 Å². The first kappa shape index (κ1) is 24.1. The van der Waals surface area contributed by atoms with Gasteiger partial charge in [-0.1, -0.05) is 30.1 Å². The molecule has 29 heavy (non-hydrogen) atoms. The van der Waals surface area contributed by atoms with Crippen molar-refractivity contribution in [2.45, 2.75) is 35.3 Å². The Balaban J connectivity index is 2.22. The molecule has 0 aromatic heterocycles. The fourth-order valence-electron chi connectivity index (χ4n) is 2.22. The maximum Gasteiger partial charge on any atom is 0.206 e. The average Bonchev–Trinajstić information content (AvgIpc) is 2.71.